The number of anilines is 3. The number of aryl methyl sites for hydroxylation is 1. The number of ether oxygens (including phenoxy) is 2. The van der Waals surface area contributed by atoms with Gasteiger partial charge in [-0.2, -0.15) is 5.26 Å². The Kier molecular flexibility index (Phi) is 6.63. The normalized spacial score (nSPS) is 13.1. The predicted octanol–water partition coefficient (Wildman–Crippen LogP) is 5.44. The molecule has 2 aromatic rings. The zero-order valence-electron chi connectivity index (χ0n) is 20.6. The topological polar surface area (TPSA) is 100 Å². The van der Waals surface area contributed by atoms with Gasteiger partial charge in [0.1, 0.15) is 29.1 Å². The molecule has 1 amide bonds. The van der Waals surface area contributed by atoms with Crippen molar-refractivity contribution in [3.63, 3.8) is 0 Å². The third-order valence-electron chi connectivity index (χ3n) is 5.45. The Bertz CT molecular complexity index is 1170. The maximum Gasteiger partial charge on any atom is 0.414 e. The van der Waals surface area contributed by atoms with Crippen molar-refractivity contribution in [3.05, 3.63) is 40.2 Å². The average Bonchev–Trinajstić information content (AvgIpc) is 3.19. The lowest BCUT2D eigenvalue weighted by Gasteiger charge is -2.26. The van der Waals surface area contributed by atoms with E-state index in [4.69, 9.17) is 14.5 Å². The van der Waals surface area contributed by atoms with Crippen LogP contribution >= 0.6 is 0 Å². The highest BCUT2D eigenvalue weighted by Gasteiger charge is 2.26. The van der Waals surface area contributed by atoms with E-state index in [1.807, 2.05) is 26.8 Å². The van der Waals surface area contributed by atoms with Gasteiger partial charge in [0.15, 0.2) is 0 Å². The van der Waals surface area contributed by atoms with Crippen LogP contribution in [0.4, 0.5) is 22.1 Å². The smallest absolute Gasteiger partial charge is 0.414 e. The number of hydrogen-bond acceptors (Lipinski definition) is 7. The summed E-state index contributed by atoms with van der Waals surface area (Å²) in [5, 5.41) is 13.0. The Labute approximate surface area is 195 Å². The summed E-state index contributed by atoms with van der Waals surface area (Å²) in [5.41, 5.74) is 4.54. The molecule has 8 heteroatoms. The Balaban J connectivity index is 2.06. The van der Waals surface area contributed by atoms with Crippen LogP contribution in [0.2, 0.25) is 0 Å². The number of aromatic nitrogens is 2. The van der Waals surface area contributed by atoms with Crippen molar-refractivity contribution in [3.8, 4) is 11.8 Å². The minimum absolute atomic E-state index is 0.311. The number of nitriles is 1. The molecule has 0 spiro atoms. The fourth-order valence-electron chi connectivity index (χ4n) is 3.69. The number of carbonyl (C=O) groups is 1. The van der Waals surface area contributed by atoms with Crippen LogP contribution in [-0.4, -0.2) is 35.3 Å². The molecule has 3 heterocycles. The average molecular weight is 450 g/mol. The highest BCUT2D eigenvalue weighted by molar-refractivity contribution is 5.90. The van der Waals surface area contributed by atoms with E-state index in [1.54, 1.807) is 40.8 Å². The van der Waals surface area contributed by atoms with Gasteiger partial charge < -0.3 is 14.8 Å². The molecule has 174 valence electrons. The summed E-state index contributed by atoms with van der Waals surface area (Å²) in [6.45, 7) is 13.8. The number of nitrogens with zero attached hydrogens (tertiary/aromatic N) is 4. The van der Waals surface area contributed by atoms with Crippen molar-refractivity contribution in [1.29, 1.82) is 5.26 Å². The highest BCUT2D eigenvalue weighted by Crippen LogP contribution is 2.39. The Morgan fingerprint density at radius 2 is 2.03 bits per heavy atom. The van der Waals surface area contributed by atoms with Crippen molar-refractivity contribution in [1.82, 2.24) is 9.97 Å². The summed E-state index contributed by atoms with van der Waals surface area (Å²) in [6.07, 6.45) is 2.23. The molecule has 3 rings (SSSR count). The molecule has 0 bridgehead atoms. The molecule has 1 aliphatic rings. The molecular formula is C25H31N5O3. The van der Waals surface area contributed by atoms with Gasteiger partial charge >= 0.3 is 6.09 Å². The molecule has 2 aromatic heterocycles. The Morgan fingerprint density at radius 3 is 2.64 bits per heavy atom. The summed E-state index contributed by atoms with van der Waals surface area (Å²) in [5.74, 6) is 1.98. The van der Waals surface area contributed by atoms with Gasteiger partial charge in [-0.25, -0.2) is 14.8 Å². The number of rotatable bonds is 4. The summed E-state index contributed by atoms with van der Waals surface area (Å²) in [6, 6.07) is 3.82. The van der Waals surface area contributed by atoms with Crippen molar-refractivity contribution in [2.24, 2.45) is 0 Å². The first kappa shape index (κ1) is 24.1. The fourth-order valence-corrected chi connectivity index (χ4v) is 3.69. The van der Waals surface area contributed by atoms with Gasteiger partial charge in [0, 0.05) is 30.7 Å². The molecule has 1 aliphatic heterocycles. The lowest BCUT2D eigenvalue weighted by Crippen LogP contribution is -2.34. The van der Waals surface area contributed by atoms with Crippen LogP contribution < -0.4 is 15.0 Å². The van der Waals surface area contributed by atoms with E-state index in [1.165, 1.54) is 4.90 Å². The lowest BCUT2D eigenvalue weighted by molar-refractivity contribution is 0.0589. The van der Waals surface area contributed by atoms with Crippen LogP contribution in [0.3, 0.4) is 0 Å². The first-order chi connectivity index (χ1) is 15.5. The van der Waals surface area contributed by atoms with Gasteiger partial charge in [-0.1, -0.05) is 6.08 Å². The molecule has 8 nitrogen and oxygen atoms in total. The molecule has 0 atom stereocenters. The van der Waals surface area contributed by atoms with E-state index in [-0.39, 0.29) is 0 Å². The van der Waals surface area contributed by atoms with Crippen LogP contribution in [0, 0.1) is 25.2 Å². The van der Waals surface area contributed by atoms with E-state index in [2.05, 4.69) is 16.4 Å². The first-order valence-electron chi connectivity index (χ1n) is 10.9. The number of fused-ring (bicyclic) bond motifs is 1. The zero-order chi connectivity index (χ0) is 24.5. The van der Waals surface area contributed by atoms with Crippen molar-refractivity contribution in [2.75, 3.05) is 23.9 Å². The van der Waals surface area contributed by atoms with Crippen molar-refractivity contribution < 1.29 is 14.3 Å². The number of nitrogens with one attached hydrogen (secondary N) is 1. The van der Waals surface area contributed by atoms with Crippen molar-refractivity contribution >= 4 is 29.0 Å². The molecule has 0 radical (unpaired) electrons. The van der Waals surface area contributed by atoms with Crippen LogP contribution in [0.25, 0.3) is 5.57 Å². The second kappa shape index (κ2) is 9.10. The van der Waals surface area contributed by atoms with Gasteiger partial charge in [-0.05, 0) is 54.0 Å². The van der Waals surface area contributed by atoms with Crippen molar-refractivity contribution in [2.45, 2.75) is 60.5 Å². The minimum Gasteiger partial charge on any atom is -0.491 e. The maximum atomic E-state index is 12.7. The number of hydrogen-bond donors (Lipinski definition) is 1. The third-order valence-corrected chi connectivity index (χ3v) is 5.45. The van der Waals surface area contributed by atoms with E-state index < -0.39 is 11.7 Å². The number of carbonyl (C=O) groups excluding carboxylic acids is 1. The van der Waals surface area contributed by atoms with Gasteiger partial charge in [0.2, 0.25) is 0 Å². The molecule has 1 N–H and O–H groups in total. The zero-order valence-corrected chi connectivity index (χ0v) is 20.6. The predicted molar refractivity (Wildman–Crippen MR) is 129 cm³/mol. The molecule has 0 fully saturated rings. The Morgan fingerprint density at radius 1 is 1.33 bits per heavy atom. The molecular weight excluding hydrogens is 418 g/mol. The molecule has 0 saturated heterocycles. The van der Waals surface area contributed by atoms with Crippen LogP contribution in [0.15, 0.2) is 12.1 Å². The van der Waals surface area contributed by atoms with E-state index in [0.717, 1.165) is 34.6 Å². The molecule has 0 unspecified atom stereocenters. The monoisotopic (exact) mass is 449 g/mol. The number of amides is 1. The Hall–Kier alpha value is -3.60. The minimum atomic E-state index is -0.657. The van der Waals surface area contributed by atoms with Gasteiger partial charge in [-0.3, -0.25) is 4.90 Å². The molecule has 0 aromatic carbocycles. The fraction of sp³-hybridized carbons (Fsp3) is 0.440. The van der Waals surface area contributed by atoms with Crippen LogP contribution in [-0.2, 0) is 11.2 Å². The number of allylic oxidation sites excluding steroid dienone is 2. The second-order valence-corrected chi connectivity index (χ2v) is 9.07. The van der Waals surface area contributed by atoms with Gasteiger partial charge in [-0.15, -0.1) is 0 Å². The van der Waals surface area contributed by atoms with E-state index >= 15 is 0 Å². The standard InChI is InChI=1S/C25H31N5O3/c1-9-14(2)21-15(3)23(28-18-10-11-32-22(18)21)29-20-12-19(17(13-26)16(4)27-20)30(8)24(31)33-25(5,6)7/h9,12H,10-11H2,1-8H3,(H,27,28,29)/b14-9+. The first-order valence-corrected chi connectivity index (χ1v) is 10.9. The second-order valence-electron chi connectivity index (χ2n) is 9.07. The maximum absolute atomic E-state index is 12.7. The molecule has 0 aliphatic carbocycles. The van der Waals surface area contributed by atoms with E-state index in [9.17, 15) is 10.1 Å². The largest absolute Gasteiger partial charge is 0.491 e. The van der Waals surface area contributed by atoms with Crippen LogP contribution in [0.1, 0.15) is 62.7 Å². The van der Waals surface area contributed by atoms with Gasteiger partial charge in [0.25, 0.3) is 0 Å². The quantitative estimate of drug-likeness (QED) is 0.663. The summed E-state index contributed by atoms with van der Waals surface area (Å²) in [4.78, 5) is 23.3. The summed E-state index contributed by atoms with van der Waals surface area (Å²) < 4.78 is 11.3. The van der Waals surface area contributed by atoms with Gasteiger partial charge in [0.05, 0.1) is 29.2 Å². The highest BCUT2D eigenvalue weighted by atomic mass is 16.6. The third kappa shape index (κ3) is 4.92. The summed E-state index contributed by atoms with van der Waals surface area (Å²) in [7, 11) is 1.58. The molecule has 33 heavy (non-hydrogen) atoms. The SMILES string of the molecule is C/C=C(\C)c1c(C)c(Nc2cc(N(C)C(=O)OC(C)(C)C)c(C#N)c(C)n2)nc2c1OCC2. The van der Waals surface area contributed by atoms with E-state index in [0.29, 0.717) is 35.2 Å². The number of pyridine rings is 2. The summed E-state index contributed by atoms with van der Waals surface area (Å²) >= 11 is 0. The lowest BCUT2D eigenvalue weighted by atomic mass is 10.00. The molecule has 0 saturated carbocycles. The van der Waals surface area contributed by atoms with Crippen LogP contribution in [0.5, 0.6) is 5.75 Å².